The fourth-order valence-electron chi connectivity index (χ4n) is 3.74. The van der Waals surface area contributed by atoms with Crippen LogP contribution in [-0.2, 0) is 11.4 Å². The lowest BCUT2D eigenvalue weighted by Crippen LogP contribution is -2.19. The van der Waals surface area contributed by atoms with Crippen LogP contribution in [-0.4, -0.2) is 17.7 Å². The number of rotatable bonds is 7. The van der Waals surface area contributed by atoms with Gasteiger partial charge in [-0.2, -0.15) is 0 Å². The third-order valence-corrected chi connectivity index (χ3v) is 6.35. The predicted octanol–water partition coefficient (Wildman–Crippen LogP) is 6.71. The number of hydrogen-bond acceptors (Lipinski definition) is 5. The van der Waals surface area contributed by atoms with Crippen molar-refractivity contribution in [1.29, 1.82) is 0 Å². The Labute approximate surface area is 208 Å². The first-order valence-corrected chi connectivity index (χ1v) is 12.2. The second kappa shape index (κ2) is 10.5. The minimum atomic E-state index is -0.177. The van der Waals surface area contributed by atoms with Crippen LogP contribution in [0, 0.1) is 0 Å². The highest BCUT2D eigenvalue weighted by atomic mass is 32.2. The summed E-state index contributed by atoms with van der Waals surface area (Å²) in [5.41, 5.74) is 2.67. The van der Waals surface area contributed by atoms with Gasteiger partial charge in [0.05, 0.1) is 17.2 Å². The number of carbonyl (C=O) groups is 1. The number of carbonyl (C=O) groups excluding carboxylic acids is 1. The number of nitrogens with zero attached hydrogens (tertiary/aromatic N) is 1. The molecule has 1 heterocycles. The zero-order valence-electron chi connectivity index (χ0n) is 19.2. The number of aliphatic imine (C=N–C) groups is 1. The Morgan fingerprint density at radius 3 is 2.49 bits per heavy atom. The molecular formula is C29H24N2O3S. The smallest absolute Gasteiger partial charge is 0.264 e. The molecule has 0 bridgehead atoms. The molecule has 1 N–H and O–H groups in total. The van der Waals surface area contributed by atoms with E-state index in [4.69, 9.17) is 9.47 Å². The van der Waals surface area contributed by atoms with Crippen LogP contribution in [0.15, 0.2) is 101 Å². The topological polar surface area (TPSA) is 59.9 Å². The fourth-order valence-corrected chi connectivity index (χ4v) is 4.58. The van der Waals surface area contributed by atoms with E-state index in [1.54, 1.807) is 0 Å². The molecule has 0 saturated carbocycles. The molecule has 0 aliphatic carbocycles. The van der Waals surface area contributed by atoms with Crippen molar-refractivity contribution in [2.24, 2.45) is 4.99 Å². The first-order valence-electron chi connectivity index (χ1n) is 11.4. The zero-order chi connectivity index (χ0) is 24.0. The maximum atomic E-state index is 12.6. The van der Waals surface area contributed by atoms with E-state index in [0.717, 1.165) is 28.3 Å². The number of para-hydroxylation sites is 1. The van der Waals surface area contributed by atoms with Crippen LogP contribution < -0.4 is 14.8 Å². The average molecular weight is 481 g/mol. The van der Waals surface area contributed by atoms with E-state index >= 15 is 0 Å². The second-order valence-corrected chi connectivity index (χ2v) is 8.95. The molecule has 35 heavy (non-hydrogen) atoms. The van der Waals surface area contributed by atoms with Crippen molar-refractivity contribution in [3.63, 3.8) is 0 Å². The van der Waals surface area contributed by atoms with Gasteiger partial charge in [0.15, 0.2) is 5.17 Å². The predicted molar refractivity (Wildman–Crippen MR) is 143 cm³/mol. The lowest BCUT2D eigenvalue weighted by Gasteiger charge is -2.10. The molecule has 0 radical (unpaired) electrons. The summed E-state index contributed by atoms with van der Waals surface area (Å²) in [6, 6.07) is 29.8. The Bertz CT molecular complexity index is 1430. The first-order chi connectivity index (χ1) is 17.2. The summed E-state index contributed by atoms with van der Waals surface area (Å²) in [5, 5.41) is 5.77. The van der Waals surface area contributed by atoms with Crippen LogP contribution in [0.25, 0.3) is 16.8 Å². The number of amidine groups is 1. The SMILES string of the molecule is CCOc1ccc(N=C2NC(=O)/C(=C\c3ccccc3OCc3ccc4ccccc4c3)S2)cc1. The van der Waals surface area contributed by atoms with Crippen molar-refractivity contribution in [3.05, 3.63) is 107 Å². The summed E-state index contributed by atoms with van der Waals surface area (Å²) in [4.78, 5) is 17.7. The summed E-state index contributed by atoms with van der Waals surface area (Å²) >= 11 is 1.31. The first kappa shape index (κ1) is 22.7. The van der Waals surface area contributed by atoms with E-state index in [1.807, 2.05) is 73.7 Å². The van der Waals surface area contributed by atoms with E-state index in [9.17, 15) is 4.79 Å². The maximum absolute atomic E-state index is 12.6. The zero-order valence-corrected chi connectivity index (χ0v) is 20.0. The molecule has 4 aromatic carbocycles. The second-order valence-electron chi connectivity index (χ2n) is 7.92. The van der Waals surface area contributed by atoms with Gasteiger partial charge in [-0.15, -0.1) is 0 Å². The Balaban J connectivity index is 1.30. The normalized spacial score (nSPS) is 15.5. The van der Waals surface area contributed by atoms with Crippen LogP contribution in [0.4, 0.5) is 5.69 Å². The highest BCUT2D eigenvalue weighted by molar-refractivity contribution is 8.18. The van der Waals surface area contributed by atoms with Gasteiger partial charge in [0.1, 0.15) is 18.1 Å². The fraction of sp³-hybridized carbons (Fsp3) is 0.103. The summed E-state index contributed by atoms with van der Waals surface area (Å²) in [5.74, 6) is 1.34. The molecule has 1 aliphatic rings. The van der Waals surface area contributed by atoms with Crippen molar-refractivity contribution < 1.29 is 14.3 Å². The van der Waals surface area contributed by atoms with Gasteiger partial charge in [-0.1, -0.05) is 54.6 Å². The van der Waals surface area contributed by atoms with Gasteiger partial charge in [0.25, 0.3) is 5.91 Å². The van der Waals surface area contributed by atoms with Gasteiger partial charge in [-0.25, -0.2) is 4.99 Å². The molecule has 6 heteroatoms. The van der Waals surface area contributed by atoms with Crippen molar-refractivity contribution in [2.45, 2.75) is 13.5 Å². The lowest BCUT2D eigenvalue weighted by atomic mass is 10.1. The number of ether oxygens (including phenoxy) is 2. The molecule has 0 spiro atoms. The lowest BCUT2D eigenvalue weighted by molar-refractivity contribution is -0.115. The Morgan fingerprint density at radius 1 is 0.886 bits per heavy atom. The monoisotopic (exact) mass is 480 g/mol. The molecule has 5 rings (SSSR count). The van der Waals surface area contributed by atoms with Gasteiger partial charge in [-0.3, -0.25) is 4.79 Å². The number of thioether (sulfide) groups is 1. The highest BCUT2D eigenvalue weighted by Gasteiger charge is 2.24. The summed E-state index contributed by atoms with van der Waals surface area (Å²) < 4.78 is 11.6. The third kappa shape index (κ3) is 5.55. The van der Waals surface area contributed by atoms with E-state index in [0.29, 0.717) is 23.3 Å². The summed E-state index contributed by atoms with van der Waals surface area (Å²) in [6.45, 7) is 3.00. The van der Waals surface area contributed by atoms with Crippen molar-refractivity contribution in [3.8, 4) is 11.5 Å². The largest absolute Gasteiger partial charge is 0.494 e. The van der Waals surface area contributed by atoms with Crippen LogP contribution in [0.3, 0.4) is 0 Å². The molecule has 1 amide bonds. The van der Waals surface area contributed by atoms with Gasteiger partial charge >= 0.3 is 0 Å². The van der Waals surface area contributed by atoms with E-state index in [1.165, 1.54) is 22.5 Å². The van der Waals surface area contributed by atoms with Crippen LogP contribution >= 0.6 is 11.8 Å². The average Bonchev–Trinajstić information content (AvgIpc) is 3.23. The van der Waals surface area contributed by atoms with Crippen molar-refractivity contribution >= 4 is 45.4 Å². The van der Waals surface area contributed by atoms with Gasteiger partial charge in [0, 0.05) is 5.56 Å². The summed E-state index contributed by atoms with van der Waals surface area (Å²) in [6.07, 6.45) is 1.84. The number of nitrogens with one attached hydrogen (secondary N) is 1. The van der Waals surface area contributed by atoms with Crippen LogP contribution in [0.2, 0.25) is 0 Å². The quantitative estimate of drug-likeness (QED) is 0.299. The molecule has 0 atom stereocenters. The third-order valence-electron chi connectivity index (χ3n) is 5.44. The molecule has 0 unspecified atom stereocenters. The molecule has 1 aliphatic heterocycles. The molecule has 5 nitrogen and oxygen atoms in total. The Kier molecular flexibility index (Phi) is 6.82. The van der Waals surface area contributed by atoms with Crippen molar-refractivity contribution in [2.75, 3.05) is 6.61 Å². The molecule has 1 saturated heterocycles. The van der Waals surface area contributed by atoms with Crippen LogP contribution in [0.5, 0.6) is 11.5 Å². The number of hydrogen-bond donors (Lipinski definition) is 1. The molecule has 174 valence electrons. The maximum Gasteiger partial charge on any atom is 0.264 e. The number of fused-ring (bicyclic) bond motifs is 1. The van der Waals surface area contributed by atoms with Gasteiger partial charge in [0.2, 0.25) is 0 Å². The van der Waals surface area contributed by atoms with E-state index in [2.05, 4.69) is 40.6 Å². The number of amides is 1. The molecule has 4 aromatic rings. The highest BCUT2D eigenvalue weighted by Crippen LogP contribution is 2.31. The Morgan fingerprint density at radius 2 is 1.66 bits per heavy atom. The number of benzene rings is 4. The van der Waals surface area contributed by atoms with E-state index < -0.39 is 0 Å². The minimum Gasteiger partial charge on any atom is -0.494 e. The summed E-state index contributed by atoms with van der Waals surface area (Å²) in [7, 11) is 0. The minimum absolute atomic E-state index is 0.177. The standard InChI is InChI=1S/C29H24N2O3S/c1-2-33-25-15-13-24(14-16-25)30-29-31-28(32)27(35-29)18-23-9-5-6-10-26(23)34-19-20-11-12-21-7-3-4-8-22(21)17-20/h3-18H,2,19H2,1H3,(H,30,31,32)/b27-18+. The molecule has 1 fully saturated rings. The molecule has 0 aromatic heterocycles. The van der Waals surface area contributed by atoms with Gasteiger partial charge in [-0.05, 0) is 77.5 Å². The van der Waals surface area contributed by atoms with E-state index in [-0.39, 0.29) is 5.91 Å². The van der Waals surface area contributed by atoms with Crippen LogP contribution in [0.1, 0.15) is 18.1 Å². The van der Waals surface area contributed by atoms with Crippen molar-refractivity contribution in [1.82, 2.24) is 5.32 Å². The van der Waals surface area contributed by atoms with Gasteiger partial charge < -0.3 is 14.8 Å². The molecular weight excluding hydrogens is 456 g/mol. The Hall–Kier alpha value is -4.03.